The lowest BCUT2D eigenvalue weighted by Crippen LogP contribution is -2.43. The first-order chi connectivity index (χ1) is 14.6. The summed E-state index contributed by atoms with van der Waals surface area (Å²) in [7, 11) is 1.64. The van der Waals surface area contributed by atoms with Crippen molar-refractivity contribution in [1.29, 1.82) is 0 Å². The van der Waals surface area contributed by atoms with Crippen LogP contribution < -0.4 is 29.7 Å². The van der Waals surface area contributed by atoms with Crippen LogP contribution in [0.5, 0.6) is 17.2 Å². The Hall–Kier alpha value is -3.42. The topological polar surface area (TPSA) is 89.1 Å². The Balaban J connectivity index is 1.35. The minimum absolute atomic E-state index is 0.105. The molecule has 0 radical (unpaired) electrons. The number of hydrogen-bond donors (Lipinski definition) is 2. The Labute approximate surface area is 175 Å². The van der Waals surface area contributed by atoms with Crippen molar-refractivity contribution in [2.45, 2.75) is 19.3 Å². The summed E-state index contributed by atoms with van der Waals surface area (Å²) in [5, 5.41) is 5.07. The second-order valence-corrected chi connectivity index (χ2v) is 7.23. The van der Waals surface area contributed by atoms with Crippen molar-refractivity contribution in [2.24, 2.45) is 0 Å². The zero-order valence-corrected chi connectivity index (χ0v) is 16.9. The molecule has 0 saturated heterocycles. The molecule has 2 aliphatic heterocycles. The molecule has 8 nitrogen and oxygen atoms in total. The molecule has 8 heteroatoms. The molecule has 0 aromatic heterocycles. The average molecular weight is 411 g/mol. The molecule has 2 aliphatic rings. The minimum atomic E-state index is -0.582. The number of carbonyl (C=O) groups excluding carboxylic acids is 2. The number of ether oxygens (including phenoxy) is 3. The van der Waals surface area contributed by atoms with Crippen LogP contribution in [0.1, 0.15) is 18.4 Å². The highest BCUT2D eigenvalue weighted by Crippen LogP contribution is 2.32. The Morgan fingerprint density at radius 3 is 2.73 bits per heavy atom. The molecule has 0 bridgehead atoms. The lowest BCUT2D eigenvalue weighted by Gasteiger charge is -2.30. The number of urea groups is 1. The average Bonchev–Trinajstić information content (AvgIpc) is 2.98. The Bertz CT molecular complexity index is 946. The number of fused-ring (bicyclic) bond motifs is 2. The molecule has 2 N–H and O–H groups in total. The Kier molecular flexibility index (Phi) is 5.92. The lowest BCUT2D eigenvalue weighted by atomic mass is 10.0. The van der Waals surface area contributed by atoms with Crippen LogP contribution in [-0.2, 0) is 11.2 Å². The summed E-state index contributed by atoms with van der Waals surface area (Å²) >= 11 is 0. The molecule has 0 spiro atoms. The van der Waals surface area contributed by atoms with Gasteiger partial charge in [0.25, 0.3) is 0 Å². The summed E-state index contributed by atoms with van der Waals surface area (Å²) in [4.78, 5) is 26.7. The standard InChI is InChI=1S/C22H25N3O5/c1-28-17-6-7-18-15(12-17)4-2-9-25(18)14-21(26)24-22(27)23-16-5-8-19-20(13-16)30-11-3-10-29-19/h5-8,12-13H,2-4,9-11,14H2,1H3,(H2,23,24,26,27). The summed E-state index contributed by atoms with van der Waals surface area (Å²) in [5.74, 6) is 1.66. The number of aryl methyl sites for hydroxylation is 1. The minimum Gasteiger partial charge on any atom is -0.497 e. The molecule has 4 rings (SSSR count). The summed E-state index contributed by atoms with van der Waals surface area (Å²) < 4.78 is 16.5. The summed E-state index contributed by atoms with van der Waals surface area (Å²) in [6.07, 6.45) is 2.69. The van der Waals surface area contributed by atoms with Crippen molar-refractivity contribution in [3.8, 4) is 17.2 Å². The predicted octanol–water partition coefficient (Wildman–Crippen LogP) is 2.96. The van der Waals surface area contributed by atoms with Gasteiger partial charge in [0, 0.05) is 30.4 Å². The lowest BCUT2D eigenvalue weighted by molar-refractivity contribution is -0.118. The number of hydrogen-bond acceptors (Lipinski definition) is 6. The molecule has 30 heavy (non-hydrogen) atoms. The SMILES string of the molecule is COc1ccc2c(c1)CCCN2CC(=O)NC(=O)Nc1ccc2c(c1)OCCCO2. The quantitative estimate of drug-likeness (QED) is 0.804. The van der Waals surface area contributed by atoms with Gasteiger partial charge in [-0.15, -0.1) is 0 Å². The monoisotopic (exact) mass is 411 g/mol. The molecule has 2 heterocycles. The van der Waals surface area contributed by atoms with Crippen LogP contribution in [0.15, 0.2) is 36.4 Å². The second-order valence-electron chi connectivity index (χ2n) is 7.23. The highest BCUT2D eigenvalue weighted by molar-refractivity contribution is 6.02. The molecule has 0 unspecified atom stereocenters. The van der Waals surface area contributed by atoms with Gasteiger partial charge in [-0.3, -0.25) is 10.1 Å². The third-order valence-electron chi connectivity index (χ3n) is 5.09. The normalized spacial score (nSPS) is 14.9. The largest absolute Gasteiger partial charge is 0.497 e. The number of rotatable bonds is 4. The smallest absolute Gasteiger partial charge is 0.325 e. The Morgan fingerprint density at radius 1 is 1.07 bits per heavy atom. The van der Waals surface area contributed by atoms with Crippen LogP contribution >= 0.6 is 0 Å². The summed E-state index contributed by atoms with van der Waals surface area (Å²) in [6, 6.07) is 10.4. The van der Waals surface area contributed by atoms with Crippen molar-refractivity contribution in [3.63, 3.8) is 0 Å². The second kappa shape index (κ2) is 8.94. The van der Waals surface area contributed by atoms with Gasteiger partial charge in [-0.2, -0.15) is 0 Å². The van der Waals surface area contributed by atoms with Gasteiger partial charge in [-0.25, -0.2) is 4.79 Å². The van der Waals surface area contributed by atoms with E-state index in [0.29, 0.717) is 30.4 Å². The van der Waals surface area contributed by atoms with Gasteiger partial charge in [0.1, 0.15) is 5.75 Å². The van der Waals surface area contributed by atoms with Crippen LogP contribution in [0.25, 0.3) is 0 Å². The van der Waals surface area contributed by atoms with Gasteiger partial charge < -0.3 is 24.4 Å². The van der Waals surface area contributed by atoms with Crippen molar-refractivity contribution < 1.29 is 23.8 Å². The van der Waals surface area contributed by atoms with Gasteiger partial charge in [0.2, 0.25) is 5.91 Å². The third kappa shape index (κ3) is 4.59. The fourth-order valence-electron chi connectivity index (χ4n) is 3.69. The van der Waals surface area contributed by atoms with Gasteiger partial charge in [0.15, 0.2) is 11.5 Å². The van der Waals surface area contributed by atoms with E-state index in [0.717, 1.165) is 42.8 Å². The van der Waals surface area contributed by atoms with Gasteiger partial charge in [-0.05, 0) is 48.7 Å². The Morgan fingerprint density at radius 2 is 1.90 bits per heavy atom. The van der Waals surface area contributed by atoms with E-state index in [1.165, 1.54) is 0 Å². The number of nitrogens with one attached hydrogen (secondary N) is 2. The maximum atomic E-state index is 12.4. The molecular formula is C22H25N3O5. The predicted molar refractivity (Wildman–Crippen MR) is 113 cm³/mol. The maximum Gasteiger partial charge on any atom is 0.325 e. The fraction of sp³-hybridized carbons (Fsp3) is 0.364. The van der Waals surface area contributed by atoms with E-state index in [-0.39, 0.29) is 12.5 Å². The molecular weight excluding hydrogens is 386 g/mol. The first-order valence-corrected chi connectivity index (χ1v) is 10.0. The number of methoxy groups -OCH3 is 1. The van der Waals surface area contributed by atoms with E-state index < -0.39 is 6.03 Å². The first kappa shape index (κ1) is 19.9. The van der Waals surface area contributed by atoms with Crippen molar-refractivity contribution in [2.75, 3.05) is 43.6 Å². The van der Waals surface area contributed by atoms with Gasteiger partial charge >= 0.3 is 6.03 Å². The maximum absolute atomic E-state index is 12.4. The molecule has 158 valence electrons. The van der Waals surface area contributed by atoms with Crippen molar-refractivity contribution >= 4 is 23.3 Å². The van der Waals surface area contributed by atoms with Crippen LogP contribution in [0.4, 0.5) is 16.2 Å². The van der Waals surface area contributed by atoms with E-state index in [2.05, 4.69) is 10.6 Å². The number of anilines is 2. The molecule has 2 aromatic rings. The van der Waals surface area contributed by atoms with E-state index in [1.54, 1.807) is 25.3 Å². The van der Waals surface area contributed by atoms with E-state index in [9.17, 15) is 9.59 Å². The zero-order valence-electron chi connectivity index (χ0n) is 16.9. The number of benzene rings is 2. The highest BCUT2D eigenvalue weighted by atomic mass is 16.5. The number of carbonyl (C=O) groups is 2. The third-order valence-corrected chi connectivity index (χ3v) is 5.09. The zero-order chi connectivity index (χ0) is 20.9. The van der Waals surface area contributed by atoms with Crippen LogP contribution in [0, 0.1) is 0 Å². The van der Waals surface area contributed by atoms with Crippen molar-refractivity contribution in [3.05, 3.63) is 42.0 Å². The van der Waals surface area contributed by atoms with Gasteiger partial charge in [0.05, 0.1) is 26.9 Å². The van der Waals surface area contributed by atoms with Crippen molar-refractivity contribution in [1.82, 2.24) is 5.32 Å². The summed E-state index contributed by atoms with van der Waals surface area (Å²) in [5.41, 5.74) is 2.67. The van der Waals surface area contributed by atoms with E-state index in [4.69, 9.17) is 14.2 Å². The molecule has 0 saturated carbocycles. The molecule has 0 fully saturated rings. The summed E-state index contributed by atoms with van der Waals surface area (Å²) in [6.45, 7) is 2.02. The number of nitrogens with zero attached hydrogens (tertiary/aromatic N) is 1. The highest BCUT2D eigenvalue weighted by Gasteiger charge is 2.21. The fourth-order valence-corrected chi connectivity index (χ4v) is 3.69. The van der Waals surface area contributed by atoms with E-state index in [1.807, 2.05) is 23.1 Å². The van der Waals surface area contributed by atoms with Gasteiger partial charge in [-0.1, -0.05) is 0 Å². The number of imide groups is 1. The molecule has 0 atom stereocenters. The molecule has 3 amide bonds. The molecule has 2 aromatic carbocycles. The number of amides is 3. The molecule has 0 aliphatic carbocycles. The van der Waals surface area contributed by atoms with Crippen LogP contribution in [-0.4, -0.2) is 45.4 Å². The van der Waals surface area contributed by atoms with Crippen LogP contribution in [0.2, 0.25) is 0 Å². The van der Waals surface area contributed by atoms with Crippen LogP contribution in [0.3, 0.4) is 0 Å². The van der Waals surface area contributed by atoms with E-state index >= 15 is 0 Å². The first-order valence-electron chi connectivity index (χ1n) is 10.0.